The van der Waals surface area contributed by atoms with Crippen molar-refractivity contribution in [3.8, 4) is 11.5 Å². The summed E-state index contributed by atoms with van der Waals surface area (Å²) in [5.74, 6) is 1.83. The van der Waals surface area contributed by atoms with Crippen molar-refractivity contribution in [2.75, 3.05) is 24.7 Å². The second-order valence-corrected chi connectivity index (χ2v) is 8.12. The smallest absolute Gasteiger partial charge is 0.179 e. The van der Waals surface area contributed by atoms with Crippen molar-refractivity contribution in [3.05, 3.63) is 22.7 Å². The van der Waals surface area contributed by atoms with Gasteiger partial charge in [0, 0.05) is 12.6 Å². The van der Waals surface area contributed by atoms with Crippen LogP contribution in [0.3, 0.4) is 0 Å². The lowest BCUT2D eigenvalue weighted by atomic mass is 10.1. The van der Waals surface area contributed by atoms with Crippen LogP contribution in [0.4, 0.5) is 0 Å². The van der Waals surface area contributed by atoms with E-state index in [4.69, 9.17) is 21.1 Å². The third-order valence-electron chi connectivity index (χ3n) is 3.81. The molecule has 0 atom stereocenters. The van der Waals surface area contributed by atoms with Crippen LogP contribution in [-0.4, -0.2) is 39.2 Å². The fourth-order valence-corrected chi connectivity index (χ4v) is 4.40. The van der Waals surface area contributed by atoms with E-state index in [0.29, 0.717) is 49.1 Å². The maximum Gasteiger partial charge on any atom is 0.179 e. The lowest BCUT2D eigenvalue weighted by molar-refractivity contribution is 0.171. The molecule has 1 fully saturated rings. The summed E-state index contributed by atoms with van der Waals surface area (Å²) in [6, 6.07) is 4.02. The number of sulfone groups is 1. The van der Waals surface area contributed by atoms with Gasteiger partial charge in [-0.15, -0.1) is 0 Å². The second kappa shape index (κ2) is 6.02. The van der Waals surface area contributed by atoms with E-state index in [9.17, 15) is 8.42 Å². The molecule has 1 aromatic rings. The van der Waals surface area contributed by atoms with E-state index in [1.807, 2.05) is 12.1 Å². The number of benzene rings is 1. The Hall–Kier alpha value is -0.980. The van der Waals surface area contributed by atoms with E-state index in [0.717, 1.165) is 5.56 Å². The van der Waals surface area contributed by atoms with Crippen LogP contribution in [0.25, 0.3) is 0 Å². The molecule has 3 rings (SSSR count). The Morgan fingerprint density at radius 1 is 1.19 bits per heavy atom. The average Bonchev–Trinajstić information content (AvgIpc) is 2.46. The number of hydrogen-bond donors (Lipinski definition) is 1. The fourth-order valence-electron chi connectivity index (χ4n) is 2.62. The van der Waals surface area contributed by atoms with Crippen LogP contribution < -0.4 is 14.8 Å². The molecule has 116 valence electrons. The predicted octanol–water partition coefficient (Wildman–Crippen LogP) is 1.78. The van der Waals surface area contributed by atoms with Gasteiger partial charge in [0.05, 0.1) is 16.5 Å². The number of ether oxygens (including phenoxy) is 2. The highest BCUT2D eigenvalue weighted by Gasteiger charge is 2.23. The van der Waals surface area contributed by atoms with Crippen molar-refractivity contribution in [2.24, 2.45) is 0 Å². The first-order chi connectivity index (χ1) is 10.0. The molecule has 5 nitrogen and oxygen atoms in total. The highest BCUT2D eigenvalue weighted by molar-refractivity contribution is 7.91. The molecular formula is C14H18ClNO4S. The molecule has 2 aliphatic rings. The minimum absolute atomic E-state index is 0.237. The van der Waals surface area contributed by atoms with Crippen LogP contribution >= 0.6 is 11.6 Å². The second-order valence-electron chi connectivity index (χ2n) is 5.41. The van der Waals surface area contributed by atoms with Gasteiger partial charge in [0.1, 0.15) is 23.1 Å². The van der Waals surface area contributed by atoms with E-state index in [2.05, 4.69) is 5.32 Å². The molecule has 21 heavy (non-hydrogen) atoms. The Bertz CT molecular complexity index is 618. The lowest BCUT2D eigenvalue weighted by Gasteiger charge is -2.24. The Kier molecular flexibility index (Phi) is 4.28. The standard InChI is InChI=1S/C14H18ClNO4S/c15-12-7-10(8-13-14(12)20-4-3-19-13)9-16-11-1-5-21(17,18)6-2-11/h7-8,11,16H,1-6,9H2. The molecule has 0 spiro atoms. The first kappa shape index (κ1) is 14.9. The van der Waals surface area contributed by atoms with Crippen LogP contribution in [0.15, 0.2) is 12.1 Å². The van der Waals surface area contributed by atoms with E-state index >= 15 is 0 Å². The van der Waals surface area contributed by atoms with Crippen molar-refractivity contribution in [2.45, 2.75) is 25.4 Å². The van der Waals surface area contributed by atoms with Crippen LogP contribution in [0.1, 0.15) is 18.4 Å². The first-order valence-electron chi connectivity index (χ1n) is 7.05. The minimum atomic E-state index is -2.82. The maximum atomic E-state index is 11.4. The van der Waals surface area contributed by atoms with E-state index in [1.54, 1.807) is 0 Å². The number of rotatable bonds is 3. The molecule has 1 aromatic carbocycles. The van der Waals surface area contributed by atoms with Crippen molar-refractivity contribution in [3.63, 3.8) is 0 Å². The zero-order valence-electron chi connectivity index (χ0n) is 11.6. The summed E-state index contributed by atoms with van der Waals surface area (Å²) in [7, 11) is -2.82. The Morgan fingerprint density at radius 2 is 1.90 bits per heavy atom. The molecule has 0 amide bonds. The molecule has 0 saturated carbocycles. The third-order valence-corrected chi connectivity index (χ3v) is 5.80. The molecule has 0 radical (unpaired) electrons. The molecule has 7 heteroatoms. The summed E-state index contributed by atoms with van der Waals surface area (Å²) in [5.41, 5.74) is 1.01. The molecule has 0 aromatic heterocycles. The van der Waals surface area contributed by atoms with E-state index in [-0.39, 0.29) is 17.5 Å². The molecular weight excluding hydrogens is 314 g/mol. The summed E-state index contributed by atoms with van der Waals surface area (Å²) in [4.78, 5) is 0. The van der Waals surface area contributed by atoms with Crippen molar-refractivity contribution >= 4 is 21.4 Å². The normalized spacial score (nSPS) is 21.2. The molecule has 0 bridgehead atoms. The van der Waals surface area contributed by atoms with Gasteiger partial charge in [-0.3, -0.25) is 0 Å². The molecule has 1 saturated heterocycles. The van der Waals surface area contributed by atoms with Crippen LogP contribution in [0.2, 0.25) is 5.02 Å². The van der Waals surface area contributed by atoms with Crippen molar-refractivity contribution in [1.29, 1.82) is 0 Å². The zero-order chi connectivity index (χ0) is 14.9. The van der Waals surface area contributed by atoms with Gasteiger partial charge in [0.2, 0.25) is 0 Å². The number of fused-ring (bicyclic) bond motifs is 1. The third kappa shape index (κ3) is 3.62. The summed E-state index contributed by atoms with van der Waals surface area (Å²) >= 11 is 6.19. The number of halogens is 1. The van der Waals surface area contributed by atoms with Crippen LogP contribution in [0.5, 0.6) is 11.5 Å². The SMILES string of the molecule is O=S1(=O)CCC(NCc2cc(Cl)c3c(c2)OCCO3)CC1. The number of nitrogens with one attached hydrogen (secondary N) is 1. The highest BCUT2D eigenvalue weighted by Crippen LogP contribution is 2.38. The van der Waals surface area contributed by atoms with E-state index in [1.165, 1.54) is 0 Å². The van der Waals surface area contributed by atoms with Gasteiger partial charge in [-0.05, 0) is 30.5 Å². The van der Waals surface area contributed by atoms with Gasteiger partial charge in [0.25, 0.3) is 0 Å². The van der Waals surface area contributed by atoms with Gasteiger partial charge < -0.3 is 14.8 Å². The minimum Gasteiger partial charge on any atom is -0.486 e. The Labute approximate surface area is 129 Å². The molecule has 0 unspecified atom stereocenters. The Morgan fingerprint density at radius 3 is 2.67 bits per heavy atom. The van der Waals surface area contributed by atoms with Crippen molar-refractivity contribution in [1.82, 2.24) is 5.32 Å². The summed E-state index contributed by atoms with van der Waals surface area (Å²) in [6.45, 7) is 1.68. The first-order valence-corrected chi connectivity index (χ1v) is 9.25. The molecule has 2 aliphatic heterocycles. The fraction of sp³-hybridized carbons (Fsp3) is 0.571. The van der Waals surface area contributed by atoms with Gasteiger partial charge >= 0.3 is 0 Å². The Balaban J connectivity index is 1.62. The van der Waals surface area contributed by atoms with Crippen molar-refractivity contribution < 1.29 is 17.9 Å². The number of hydrogen-bond acceptors (Lipinski definition) is 5. The van der Waals surface area contributed by atoms with Gasteiger partial charge in [0.15, 0.2) is 11.5 Å². The monoisotopic (exact) mass is 331 g/mol. The van der Waals surface area contributed by atoms with Gasteiger partial charge in [-0.25, -0.2) is 8.42 Å². The van der Waals surface area contributed by atoms with E-state index < -0.39 is 9.84 Å². The van der Waals surface area contributed by atoms with Crippen LogP contribution in [-0.2, 0) is 16.4 Å². The predicted molar refractivity (Wildman–Crippen MR) is 81.0 cm³/mol. The molecule has 1 N–H and O–H groups in total. The largest absolute Gasteiger partial charge is 0.486 e. The summed E-state index contributed by atoms with van der Waals surface area (Å²) in [6.07, 6.45) is 1.33. The summed E-state index contributed by atoms with van der Waals surface area (Å²) in [5, 5.41) is 3.94. The topological polar surface area (TPSA) is 64.6 Å². The maximum absolute atomic E-state index is 11.4. The molecule has 0 aliphatic carbocycles. The zero-order valence-corrected chi connectivity index (χ0v) is 13.2. The quantitative estimate of drug-likeness (QED) is 0.914. The van der Waals surface area contributed by atoms with Gasteiger partial charge in [-0.2, -0.15) is 0 Å². The summed E-state index contributed by atoms with van der Waals surface area (Å²) < 4.78 is 33.8. The lowest BCUT2D eigenvalue weighted by Crippen LogP contribution is -2.37. The van der Waals surface area contributed by atoms with Crippen LogP contribution in [0, 0.1) is 0 Å². The van der Waals surface area contributed by atoms with Gasteiger partial charge in [-0.1, -0.05) is 11.6 Å². The average molecular weight is 332 g/mol. The molecule has 2 heterocycles. The highest BCUT2D eigenvalue weighted by atomic mass is 35.5.